The van der Waals surface area contributed by atoms with Crippen molar-refractivity contribution < 1.29 is 52.6 Å². The molecule has 25 heteroatoms. The summed E-state index contributed by atoms with van der Waals surface area (Å²) in [6, 6.07) is 38.3. The first-order valence-electron chi connectivity index (χ1n) is 28.5. The third kappa shape index (κ3) is 20.2. The lowest BCUT2D eigenvalue weighted by molar-refractivity contribution is -0.131. The van der Waals surface area contributed by atoms with Crippen LogP contribution in [0.3, 0.4) is 0 Å². The lowest BCUT2D eigenvalue weighted by Crippen LogP contribution is -2.36. The Balaban J connectivity index is 0.000000159. The molecule has 0 saturated carbocycles. The van der Waals surface area contributed by atoms with Crippen molar-refractivity contribution in [2.75, 3.05) is 105 Å². The Bertz CT molecular complexity index is 4490. The Kier molecular flexibility index (Phi) is 26.8. The smallest absolute Gasteiger partial charge is 0.328 e. The number of aliphatic carboxylic acids is 1. The number of halogens is 2. The van der Waals surface area contributed by atoms with Gasteiger partial charge in [-0.3, -0.25) is 19.2 Å². The van der Waals surface area contributed by atoms with E-state index in [1.54, 1.807) is 140 Å². The molecule has 6 heterocycles. The van der Waals surface area contributed by atoms with E-state index in [4.69, 9.17) is 60.1 Å². The van der Waals surface area contributed by atoms with E-state index in [2.05, 4.69) is 55.7 Å². The zero-order valence-corrected chi connectivity index (χ0v) is 53.9. The number of hydrogen-bond acceptors (Lipinski definition) is 16. The highest BCUT2D eigenvalue weighted by molar-refractivity contribution is 9.10. The van der Waals surface area contributed by atoms with Gasteiger partial charge in [0.05, 0.1) is 86.7 Å². The van der Waals surface area contributed by atoms with Gasteiger partial charge in [0, 0.05) is 97.9 Å². The summed E-state index contributed by atoms with van der Waals surface area (Å²) >= 11 is 9.54. The van der Waals surface area contributed by atoms with Crippen molar-refractivity contribution in [3.05, 3.63) is 227 Å². The van der Waals surface area contributed by atoms with Crippen LogP contribution in [0.1, 0.15) is 11.1 Å². The van der Waals surface area contributed by atoms with Crippen molar-refractivity contribution in [1.29, 1.82) is 0 Å². The summed E-state index contributed by atoms with van der Waals surface area (Å²) in [5, 5.41) is 18.5. The highest BCUT2D eigenvalue weighted by atomic mass is 79.9. The average molecular weight is 1350 g/mol. The van der Waals surface area contributed by atoms with Crippen LogP contribution in [0.2, 0.25) is 5.15 Å². The number of ether oxygens (including phenoxy) is 8. The molecule has 0 unspecified atom stereocenters. The van der Waals surface area contributed by atoms with E-state index >= 15 is 0 Å². The number of H-pyrrole nitrogens is 3. The van der Waals surface area contributed by atoms with Gasteiger partial charge in [0.15, 0.2) is 0 Å². The van der Waals surface area contributed by atoms with E-state index in [0.29, 0.717) is 46.0 Å². The highest BCUT2D eigenvalue weighted by Crippen LogP contribution is 2.34. The molecule has 10 aromatic rings. The molecule has 6 aromatic carbocycles. The number of rotatable bonds is 12. The molecule has 23 nitrogen and oxygen atoms in total. The Hall–Kier alpha value is -10.6. The maximum Gasteiger partial charge on any atom is 0.328 e. The summed E-state index contributed by atoms with van der Waals surface area (Å²) in [5.74, 6) is 2.92. The number of morpholine rings is 2. The van der Waals surface area contributed by atoms with E-state index < -0.39 is 11.9 Å². The van der Waals surface area contributed by atoms with Gasteiger partial charge in [0.25, 0.3) is 16.7 Å². The molecule has 2 fully saturated rings. The summed E-state index contributed by atoms with van der Waals surface area (Å²) in [4.78, 5) is 74.8. The first-order valence-corrected chi connectivity index (χ1v) is 29.7. The molecule has 0 spiro atoms. The maximum atomic E-state index is 11.9. The normalized spacial score (nSPS) is 12.4. The van der Waals surface area contributed by atoms with Gasteiger partial charge >= 0.3 is 5.97 Å². The third-order valence-electron chi connectivity index (χ3n) is 14.0. The molecular weight excluding hydrogens is 1280 g/mol. The number of aromatic amines is 3. The summed E-state index contributed by atoms with van der Waals surface area (Å²) in [7, 11) is 9.63. The van der Waals surface area contributed by atoms with Crippen LogP contribution in [0.5, 0.6) is 34.5 Å². The summed E-state index contributed by atoms with van der Waals surface area (Å²) in [5.41, 5.74) is 11.5. The van der Waals surface area contributed by atoms with E-state index in [0.717, 1.165) is 122 Å². The van der Waals surface area contributed by atoms with Crippen molar-refractivity contribution in [2.45, 2.75) is 0 Å². The number of pyridine rings is 4. The van der Waals surface area contributed by atoms with Crippen molar-refractivity contribution in [2.24, 2.45) is 5.11 Å². The number of carbonyl (C=O) groups is 2. The Morgan fingerprint density at radius 1 is 0.559 bits per heavy atom. The Morgan fingerprint density at radius 3 is 1.53 bits per heavy atom. The molecule has 12 rings (SSSR count). The number of carboxylic acids is 1. The topological polar surface area (TPSA) is 295 Å². The van der Waals surface area contributed by atoms with Gasteiger partial charge in [-0.1, -0.05) is 41.9 Å². The van der Waals surface area contributed by atoms with Crippen LogP contribution >= 0.6 is 27.5 Å². The van der Waals surface area contributed by atoms with Gasteiger partial charge in [0.1, 0.15) is 39.7 Å². The summed E-state index contributed by atoms with van der Waals surface area (Å²) in [6.45, 7) is 6.32. The van der Waals surface area contributed by atoms with Gasteiger partial charge in [-0.15, -0.1) is 0 Å². The minimum absolute atomic E-state index is 0.0693. The van der Waals surface area contributed by atoms with Gasteiger partial charge in [-0.2, -0.15) is 0 Å². The SMILES string of the molecule is COc1ccc2c(=O)[nH]cc(Br)c2c1.COc1ccc2c(=O)[nH]cc(N3CCOCC3)c2c1.COc1ccc2c(=O)[nH]ccc2c1.COc1ccc2c(Cl)ncc(N3CCOCC3)c2c1.COc1cccc(/C=C/C(=O)N=[N+]=[N-])c1.COc1cccc(/C=C/C(=O)O)c1. The number of nitrogens with one attached hydrogen (secondary N) is 3. The monoisotopic (exact) mass is 1350 g/mol. The number of fused-ring (bicyclic) bond motifs is 4. The molecule has 0 atom stereocenters. The molecule has 0 aliphatic carbocycles. The molecule has 4 aromatic heterocycles. The maximum absolute atomic E-state index is 11.9. The molecule has 0 radical (unpaired) electrons. The molecular formula is C68H67BrClN9O14. The predicted molar refractivity (Wildman–Crippen MR) is 366 cm³/mol. The molecule has 2 aliphatic heterocycles. The fourth-order valence-electron chi connectivity index (χ4n) is 9.30. The minimum Gasteiger partial charge on any atom is -0.497 e. The molecule has 2 saturated heterocycles. The zero-order valence-electron chi connectivity index (χ0n) is 51.6. The first kappa shape index (κ1) is 69.8. The predicted octanol–water partition coefficient (Wildman–Crippen LogP) is 12.3. The van der Waals surface area contributed by atoms with Gasteiger partial charge in [0.2, 0.25) is 5.91 Å². The average Bonchev–Trinajstić information content (AvgIpc) is 0.855. The zero-order chi connectivity index (χ0) is 66.7. The van der Waals surface area contributed by atoms with Crippen LogP contribution < -0.4 is 54.9 Å². The highest BCUT2D eigenvalue weighted by Gasteiger charge is 2.18. The van der Waals surface area contributed by atoms with E-state index in [-0.39, 0.29) is 16.7 Å². The largest absolute Gasteiger partial charge is 0.497 e. The van der Waals surface area contributed by atoms with Crippen molar-refractivity contribution in [3.8, 4) is 34.5 Å². The lowest BCUT2D eigenvalue weighted by atomic mass is 10.1. The van der Waals surface area contributed by atoms with Crippen LogP contribution in [-0.4, -0.2) is 132 Å². The van der Waals surface area contributed by atoms with Crippen LogP contribution in [0.15, 0.2) is 188 Å². The van der Waals surface area contributed by atoms with Crippen LogP contribution in [-0.2, 0) is 19.1 Å². The number of methoxy groups -OCH3 is 6. The fourth-order valence-corrected chi connectivity index (χ4v) is 9.96. The van der Waals surface area contributed by atoms with Gasteiger partial charge < -0.3 is 67.8 Å². The lowest BCUT2D eigenvalue weighted by Gasteiger charge is -2.29. The number of hydrogen-bond donors (Lipinski definition) is 4. The van der Waals surface area contributed by atoms with Crippen molar-refractivity contribution in [3.63, 3.8) is 0 Å². The van der Waals surface area contributed by atoms with Crippen molar-refractivity contribution >= 4 is 106 Å². The van der Waals surface area contributed by atoms with E-state index in [9.17, 15) is 24.0 Å². The number of benzene rings is 6. The molecule has 1 amide bonds. The number of aromatic nitrogens is 4. The molecule has 4 N–H and O–H groups in total. The van der Waals surface area contributed by atoms with E-state index in [1.165, 1.54) is 12.2 Å². The molecule has 2 aliphatic rings. The Labute approximate surface area is 547 Å². The van der Waals surface area contributed by atoms with E-state index in [1.807, 2.05) is 60.8 Å². The number of carbonyl (C=O) groups excluding carboxylic acids is 1. The second-order valence-corrected chi connectivity index (χ2v) is 20.9. The molecule has 93 heavy (non-hydrogen) atoms. The van der Waals surface area contributed by atoms with Crippen LogP contribution in [0, 0.1) is 0 Å². The number of nitrogens with zero attached hydrogens (tertiary/aromatic N) is 6. The van der Waals surface area contributed by atoms with Crippen molar-refractivity contribution in [1.82, 2.24) is 19.9 Å². The minimum atomic E-state index is -0.956. The number of amides is 1. The fraction of sp³-hybridized carbons (Fsp3) is 0.206. The first-order chi connectivity index (χ1) is 45.1. The molecule has 0 bridgehead atoms. The Morgan fingerprint density at radius 2 is 1.00 bits per heavy atom. The number of azide groups is 1. The molecule has 482 valence electrons. The van der Waals surface area contributed by atoms with Gasteiger partial charge in [-0.05, 0) is 158 Å². The second kappa shape index (κ2) is 35.7. The second-order valence-electron chi connectivity index (χ2n) is 19.7. The third-order valence-corrected chi connectivity index (χ3v) is 15.0. The number of carboxylic acid groups (broad SMARTS) is 1. The quantitative estimate of drug-likeness (QED) is 0.0290. The standard InChI is InChI=1S/C14H15ClN2O2.C14H16N2O3.C10H8BrNO2.C10H9N3O2.C10H9NO2.C10H10O3/c1-18-10-2-3-11-12(8-10)13(9-16-14(11)15)17-4-6-19-7-5-17;1-18-10-2-3-11-12(8-10)13(9-15-14(11)17)16-4-6-19-7-5-16;1-14-6-2-3-7-8(4-6)9(11)5-12-10(7)13;1-15-9-4-2-3-8(7-9)5-6-10(14)12-13-11;1-13-8-2-3-9-7(6-8)4-5-11-10(9)12;1-13-9-4-2-3-8(7-9)5-6-10(11)12/h2-3,8-9H,4-7H2,1H3;2-3,8-9H,4-7H2,1H3,(H,15,17);2-5H,1H3,(H,12,13);2-7H,1H3;2-6H,1H3,(H,11,12);2-7H,1H3,(H,11,12)/b;;;6-5+;;6-5+. The summed E-state index contributed by atoms with van der Waals surface area (Å²) in [6.07, 6.45) is 12.2. The van der Waals surface area contributed by atoms with Gasteiger partial charge in [-0.25, -0.2) is 9.78 Å². The number of anilines is 2. The van der Waals surface area contributed by atoms with Crippen LogP contribution in [0.4, 0.5) is 11.4 Å². The van der Waals surface area contributed by atoms with Crippen LogP contribution in [0.25, 0.3) is 65.7 Å². The summed E-state index contributed by atoms with van der Waals surface area (Å²) < 4.78 is 42.3.